The highest BCUT2D eigenvalue weighted by Gasteiger charge is 2.28. The summed E-state index contributed by atoms with van der Waals surface area (Å²) in [6.07, 6.45) is 1.71. The minimum atomic E-state index is -0.242. The first-order valence-corrected chi connectivity index (χ1v) is 9.82. The van der Waals surface area contributed by atoms with Crippen LogP contribution in [0.1, 0.15) is 31.0 Å². The molecule has 0 saturated carbocycles. The molecule has 1 aromatic heterocycles. The summed E-state index contributed by atoms with van der Waals surface area (Å²) in [5.41, 5.74) is 1.54. The summed E-state index contributed by atoms with van der Waals surface area (Å²) in [6, 6.07) is 13.1. The Morgan fingerprint density at radius 2 is 1.90 bits per heavy atom. The Morgan fingerprint density at radius 3 is 2.59 bits per heavy atom. The molecule has 1 aromatic carbocycles. The van der Waals surface area contributed by atoms with Gasteiger partial charge in [0.05, 0.1) is 24.8 Å². The average Bonchev–Trinajstić information content (AvgIpc) is 2.78. The first-order chi connectivity index (χ1) is 14.0. The van der Waals surface area contributed by atoms with Crippen molar-refractivity contribution in [3.05, 3.63) is 53.7 Å². The Bertz CT molecular complexity index is 887. The fraction of sp³-hybridized carbons (Fsp3) is 0.409. The third-order valence-corrected chi connectivity index (χ3v) is 5.41. The molecular weight excluding hydrogens is 366 g/mol. The molecule has 29 heavy (non-hydrogen) atoms. The van der Waals surface area contributed by atoms with E-state index in [0.717, 1.165) is 43.3 Å². The van der Waals surface area contributed by atoms with Crippen LogP contribution in [0, 0.1) is 11.3 Å². The van der Waals surface area contributed by atoms with Gasteiger partial charge in [-0.05, 0) is 32.0 Å². The number of nitrogens with one attached hydrogen (secondary N) is 1. The molecule has 0 spiro atoms. The van der Waals surface area contributed by atoms with E-state index in [1.54, 1.807) is 25.4 Å². The van der Waals surface area contributed by atoms with Gasteiger partial charge in [0.15, 0.2) is 0 Å². The van der Waals surface area contributed by atoms with Gasteiger partial charge in [0.1, 0.15) is 17.6 Å². The largest absolute Gasteiger partial charge is 0.496 e. The van der Waals surface area contributed by atoms with E-state index in [1.807, 2.05) is 38.1 Å². The fourth-order valence-corrected chi connectivity index (χ4v) is 3.66. The summed E-state index contributed by atoms with van der Waals surface area (Å²) in [5, 5.41) is 12.4. The number of aromatic nitrogens is 1. The van der Waals surface area contributed by atoms with Crippen LogP contribution in [0.15, 0.2) is 42.6 Å². The molecule has 1 aliphatic rings. The summed E-state index contributed by atoms with van der Waals surface area (Å²) < 4.78 is 5.40. The highest BCUT2D eigenvalue weighted by Crippen LogP contribution is 2.24. The summed E-state index contributed by atoms with van der Waals surface area (Å²) in [4.78, 5) is 21.4. The molecule has 2 atom stereocenters. The number of nitrogens with zero attached hydrogens (tertiary/aromatic N) is 4. The highest BCUT2D eigenvalue weighted by molar-refractivity contribution is 5.81. The minimum Gasteiger partial charge on any atom is -0.496 e. The maximum absolute atomic E-state index is 12.8. The molecule has 2 unspecified atom stereocenters. The smallest absolute Gasteiger partial charge is 0.237 e. The second-order valence-electron chi connectivity index (χ2n) is 7.16. The van der Waals surface area contributed by atoms with Gasteiger partial charge in [0, 0.05) is 37.9 Å². The molecule has 1 fully saturated rings. The third kappa shape index (κ3) is 4.66. The molecule has 1 N–H and O–H groups in total. The second kappa shape index (κ2) is 9.39. The van der Waals surface area contributed by atoms with E-state index >= 15 is 0 Å². The highest BCUT2D eigenvalue weighted by atomic mass is 16.5. The maximum Gasteiger partial charge on any atom is 0.237 e. The van der Waals surface area contributed by atoms with Crippen molar-refractivity contribution in [2.24, 2.45) is 0 Å². The van der Waals surface area contributed by atoms with Crippen LogP contribution in [0.3, 0.4) is 0 Å². The van der Waals surface area contributed by atoms with Crippen molar-refractivity contribution >= 4 is 11.7 Å². The SMILES string of the molecule is COc1ccccc1C(C)NC(=O)C(C)N1CCN(c2ncccc2C#N)CC1. The van der Waals surface area contributed by atoms with Crippen molar-refractivity contribution in [1.29, 1.82) is 5.26 Å². The summed E-state index contributed by atoms with van der Waals surface area (Å²) in [7, 11) is 1.63. The predicted molar refractivity (Wildman–Crippen MR) is 112 cm³/mol. The number of hydrogen-bond donors (Lipinski definition) is 1. The quantitative estimate of drug-likeness (QED) is 0.811. The first-order valence-electron chi connectivity index (χ1n) is 9.82. The van der Waals surface area contributed by atoms with Crippen molar-refractivity contribution in [1.82, 2.24) is 15.2 Å². The van der Waals surface area contributed by atoms with E-state index in [4.69, 9.17) is 4.74 Å². The lowest BCUT2D eigenvalue weighted by atomic mass is 10.1. The number of piperazine rings is 1. The predicted octanol–water partition coefficient (Wildman–Crippen LogP) is 2.35. The summed E-state index contributed by atoms with van der Waals surface area (Å²) >= 11 is 0. The molecule has 1 aliphatic heterocycles. The molecule has 0 aliphatic carbocycles. The van der Waals surface area contributed by atoms with Crippen LogP contribution in [0.5, 0.6) is 5.75 Å². The van der Waals surface area contributed by atoms with Crippen molar-refractivity contribution in [3.63, 3.8) is 0 Å². The summed E-state index contributed by atoms with van der Waals surface area (Å²) in [5.74, 6) is 1.48. The van der Waals surface area contributed by atoms with Crippen LogP contribution in [-0.2, 0) is 4.79 Å². The van der Waals surface area contributed by atoms with Crippen LogP contribution in [0.2, 0.25) is 0 Å². The second-order valence-corrected chi connectivity index (χ2v) is 7.16. The molecule has 1 amide bonds. The molecule has 2 heterocycles. The number of benzene rings is 1. The number of anilines is 1. The molecule has 7 heteroatoms. The third-order valence-electron chi connectivity index (χ3n) is 5.41. The molecule has 1 saturated heterocycles. The number of nitriles is 1. The molecule has 3 rings (SSSR count). The maximum atomic E-state index is 12.8. The van der Waals surface area contributed by atoms with E-state index in [-0.39, 0.29) is 18.0 Å². The number of carbonyl (C=O) groups is 1. The van der Waals surface area contributed by atoms with Crippen molar-refractivity contribution < 1.29 is 9.53 Å². The van der Waals surface area contributed by atoms with Gasteiger partial charge >= 0.3 is 0 Å². The molecule has 152 valence electrons. The zero-order valence-corrected chi connectivity index (χ0v) is 17.1. The van der Waals surface area contributed by atoms with Gasteiger partial charge in [0.25, 0.3) is 0 Å². The average molecular weight is 393 g/mol. The minimum absolute atomic E-state index is 0.00703. The van der Waals surface area contributed by atoms with Gasteiger partial charge in [-0.15, -0.1) is 0 Å². The number of rotatable bonds is 6. The Hall–Kier alpha value is -3.11. The fourth-order valence-electron chi connectivity index (χ4n) is 3.66. The van der Waals surface area contributed by atoms with Crippen LogP contribution in [0.25, 0.3) is 0 Å². The van der Waals surface area contributed by atoms with Gasteiger partial charge < -0.3 is 15.0 Å². The number of hydrogen-bond acceptors (Lipinski definition) is 6. The van der Waals surface area contributed by atoms with E-state index in [1.165, 1.54) is 0 Å². The number of ether oxygens (including phenoxy) is 1. The van der Waals surface area contributed by atoms with E-state index in [0.29, 0.717) is 5.56 Å². The zero-order valence-electron chi connectivity index (χ0n) is 17.1. The van der Waals surface area contributed by atoms with Gasteiger partial charge in [0.2, 0.25) is 5.91 Å². The Morgan fingerprint density at radius 1 is 1.17 bits per heavy atom. The molecule has 2 aromatic rings. The number of para-hydroxylation sites is 1. The molecule has 0 radical (unpaired) electrons. The number of carbonyl (C=O) groups excluding carboxylic acids is 1. The first kappa shape index (κ1) is 20.6. The lowest BCUT2D eigenvalue weighted by molar-refractivity contribution is -0.126. The van der Waals surface area contributed by atoms with Crippen LogP contribution in [0.4, 0.5) is 5.82 Å². The van der Waals surface area contributed by atoms with E-state index < -0.39 is 0 Å². The van der Waals surface area contributed by atoms with Gasteiger partial charge in [-0.1, -0.05) is 18.2 Å². The normalized spacial score (nSPS) is 16.6. The van der Waals surface area contributed by atoms with Crippen LogP contribution < -0.4 is 15.0 Å². The Labute approximate surface area is 171 Å². The monoisotopic (exact) mass is 393 g/mol. The molecule has 7 nitrogen and oxygen atoms in total. The van der Waals surface area contributed by atoms with Crippen molar-refractivity contribution in [2.75, 3.05) is 38.2 Å². The van der Waals surface area contributed by atoms with Gasteiger partial charge in [-0.25, -0.2) is 4.98 Å². The topological polar surface area (TPSA) is 81.5 Å². The lowest BCUT2D eigenvalue weighted by Gasteiger charge is -2.38. The summed E-state index contributed by atoms with van der Waals surface area (Å²) in [6.45, 7) is 6.82. The van der Waals surface area contributed by atoms with Gasteiger partial charge in [-0.3, -0.25) is 9.69 Å². The number of amides is 1. The Balaban J connectivity index is 1.58. The van der Waals surface area contributed by atoms with Crippen LogP contribution in [-0.4, -0.2) is 55.1 Å². The molecule has 0 bridgehead atoms. The number of methoxy groups -OCH3 is 1. The lowest BCUT2D eigenvalue weighted by Crippen LogP contribution is -2.54. The van der Waals surface area contributed by atoms with Crippen molar-refractivity contribution in [2.45, 2.75) is 25.9 Å². The standard InChI is InChI=1S/C22H27N5O2/c1-16(19-8-4-5-9-20(19)29-3)25-22(28)17(2)26-11-13-27(14-12-26)21-18(15-23)7-6-10-24-21/h4-10,16-17H,11-14H2,1-3H3,(H,25,28). The number of pyridine rings is 1. The van der Waals surface area contributed by atoms with E-state index in [9.17, 15) is 10.1 Å². The van der Waals surface area contributed by atoms with E-state index in [2.05, 4.69) is 26.2 Å². The molecular formula is C22H27N5O2. The zero-order chi connectivity index (χ0) is 20.8. The van der Waals surface area contributed by atoms with Gasteiger partial charge in [-0.2, -0.15) is 5.26 Å². The van der Waals surface area contributed by atoms with Crippen molar-refractivity contribution in [3.8, 4) is 11.8 Å². The van der Waals surface area contributed by atoms with Crippen LogP contribution >= 0.6 is 0 Å². The Kier molecular flexibility index (Phi) is 6.68.